The molecule has 1 aliphatic heterocycles. The summed E-state index contributed by atoms with van der Waals surface area (Å²) in [6.45, 7) is 9.33. The topological polar surface area (TPSA) is 6.48 Å². The van der Waals surface area contributed by atoms with E-state index in [1.54, 1.807) is 0 Å². The quantitative estimate of drug-likeness (QED) is 0.106. The van der Waals surface area contributed by atoms with Crippen LogP contribution in [0.3, 0.4) is 0 Å². The van der Waals surface area contributed by atoms with Gasteiger partial charge in [-0.15, -0.1) is 0 Å². The molecular formula is C33H66N2. The zero-order valence-corrected chi connectivity index (χ0v) is 24.7. The Morgan fingerprint density at radius 3 is 1.14 bits per heavy atom. The van der Waals surface area contributed by atoms with E-state index in [4.69, 9.17) is 0 Å². The molecule has 1 unspecified atom stereocenters. The molecule has 0 spiro atoms. The Bertz CT molecular complexity index is 446. The third-order valence-corrected chi connectivity index (χ3v) is 8.17. The summed E-state index contributed by atoms with van der Waals surface area (Å²) >= 11 is 0. The summed E-state index contributed by atoms with van der Waals surface area (Å²) in [5.74, 6) is 0. The van der Waals surface area contributed by atoms with Gasteiger partial charge in [0.25, 0.3) is 0 Å². The predicted octanol–water partition coefficient (Wildman–Crippen LogP) is 11.2. The number of rotatable bonds is 27. The van der Waals surface area contributed by atoms with Gasteiger partial charge in [0.15, 0.2) is 0 Å². The van der Waals surface area contributed by atoms with Crippen molar-refractivity contribution >= 4 is 0 Å². The van der Waals surface area contributed by atoms with E-state index in [-0.39, 0.29) is 0 Å². The fourth-order valence-corrected chi connectivity index (χ4v) is 5.74. The van der Waals surface area contributed by atoms with E-state index in [0.717, 1.165) is 6.54 Å². The highest BCUT2D eigenvalue weighted by Crippen LogP contribution is 2.23. The lowest BCUT2D eigenvalue weighted by Gasteiger charge is -2.32. The lowest BCUT2D eigenvalue weighted by atomic mass is 10.0. The Morgan fingerprint density at radius 1 is 0.400 bits per heavy atom. The standard InChI is InChI=1S/C33H66N2/c1-4-7-9-11-13-15-17-18-19-20-21-23-25-27-29-33-34(6-3)31-32-35(33)30-28-26-24-22-16-14-12-10-8-5-2/h31-33H,4-30H2,1-3H3. The molecule has 2 nitrogen and oxygen atoms in total. The van der Waals surface area contributed by atoms with Crippen molar-refractivity contribution in [2.45, 2.75) is 187 Å². The van der Waals surface area contributed by atoms with Crippen molar-refractivity contribution in [3.05, 3.63) is 12.4 Å². The number of nitrogens with zero attached hydrogens (tertiary/aromatic N) is 2. The van der Waals surface area contributed by atoms with E-state index < -0.39 is 0 Å². The van der Waals surface area contributed by atoms with Crippen LogP contribution in [0, 0.1) is 0 Å². The van der Waals surface area contributed by atoms with Crippen molar-refractivity contribution in [3.63, 3.8) is 0 Å². The summed E-state index contributed by atoms with van der Waals surface area (Å²) in [6, 6.07) is 0. The Balaban J connectivity index is 1.97. The Morgan fingerprint density at radius 2 is 0.743 bits per heavy atom. The van der Waals surface area contributed by atoms with Crippen LogP contribution in [0.5, 0.6) is 0 Å². The van der Waals surface area contributed by atoms with E-state index in [1.807, 2.05) is 0 Å². The minimum absolute atomic E-state index is 0.635. The lowest BCUT2D eigenvalue weighted by molar-refractivity contribution is 0.142. The molecule has 0 fully saturated rings. The van der Waals surface area contributed by atoms with Gasteiger partial charge in [-0.1, -0.05) is 155 Å². The smallest absolute Gasteiger partial charge is 0.101 e. The maximum atomic E-state index is 2.65. The highest BCUT2D eigenvalue weighted by atomic mass is 15.4. The van der Waals surface area contributed by atoms with Crippen molar-refractivity contribution in [1.29, 1.82) is 0 Å². The molecular weight excluding hydrogens is 424 g/mol. The maximum absolute atomic E-state index is 2.65. The highest BCUT2D eigenvalue weighted by molar-refractivity contribution is 4.96. The summed E-state index contributed by atoms with van der Waals surface area (Å²) < 4.78 is 0. The van der Waals surface area contributed by atoms with E-state index >= 15 is 0 Å². The molecule has 0 N–H and O–H groups in total. The van der Waals surface area contributed by atoms with Gasteiger partial charge in [-0.05, 0) is 26.2 Å². The van der Waals surface area contributed by atoms with Crippen LogP contribution in [-0.2, 0) is 0 Å². The van der Waals surface area contributed by atoms with Crippen molar-refractivity contribution in [2.24, 2.45) is 0 Å². The predicted molar refractivity (Wildman–Crippen MR) is 159 cm³/mol. The summed E-state index contributed by atoms with van der Waals surface area (Å²) in [4.78, 5) is 5.22. The second-order valence-corrected chi connectivity index (χ2v) is 11.4. The molecule has 1 atom stereocenters. The van der Waals surface area contributed by atoms with Gasteiger partial charge >= 0.3 is 0 Å². The molecule has 1 aliphatic rings. The molecule has 2 heteroatoms. The van der Waals surface area contributed by atoms with Gasteiger partial charge in [-0.3, -0.25) is 0 Å². The number of unbranched alkanes of at least 4 members (excludes halogenated alkanes) is 22. The molecule has 0 amide bonds. The average Bonchev–Trinajstić information content (AvgIpc) is 3.27. The molecule has 0 aromatic rings. The molecule has 0 radical (unpaired) electrons. The highest BCUT2D eigenvalue weighted by Gasteiger charge is 2.23. The van der Waals surface area contributed by atoms with Crippen LogP contribution in [0.1, 0.15) is 181 Å². The van der Waals surface area contributed by atoms with Crippen LogP contribution in [0.25, 0.3) is 0 Å². The summed E-state index contributed by atoms with van der Waals surface area (Å²) in [7, 11) is 0. The normalized spacial score (nSPS) is 15.6. The fraction of sp³-hybridized carbons (Fsp3) is 0.939. The van der Waals surface area contributed by atoms with Crippen molar-refractivity contribution < 1.29 is 0 Å². The fourth-order valence-electron chi connectivity index (χ4n) is 5.74. The lowest BCUT2D eigenvalue weighted by Crippen LogP contribution is -2.38. The third-order valence-electron chi connectivity index (χ3n) is 8.17. The largest absolute Gasteiger partial charge is 0.356 e. The summed E-state index contributed by atoms with van der Waals surface area (Å²) in [5, 5.41) is 0. The van der Waals surface area contributed by atoms with Crippen LogP contribution in [0.2, 0.25) is 0 Å². The Kier molecular flexibility index (Phi) is 23.1. The Hall–Kier alpha value is -0.660. The molecule has 0 aromatic heterocycles. The first-order chi connectivity index (χ1) is 17.3. The zero-order chi connectivity index (χ0) is 25.2. The molecule has 0 aromatic carbocycles. The van der Waals surface area contributed by atoms with Crippen LogP contribution >= 0.6 is 0 Å². The maximum Gasteiger partial charge on any atom is 0.101 e. The van der Waals surface area contributed by atoms with Crippen LogP contribution in [-0.4, -0.2) is 29.1 Å². The van der Waals surface area contributed by atoms with Crippen LogP contribution in [0.4, 0.5) is 0 Å². The van der Waals surface area contributed by atoms with Crippen LogP contribution < -0.4 is 0 Å². The summed E-state index contributed by atoms with van der Waals surface area (Å²) in [6.07, 6.45) is 41.3. The second-order valence-electron chi connectivity index (χ2n) is 11.4. The zero-order valence-electron chi connectivity index (χ0n) is 24.7. The third kappa shape index (κ3) is 18.3. The Labute approximate surface area is 222 Å². The SMILES string of the molecule is CCCCCCCCCCCCCCCCC1N(CC)C=CN1CCCCCCCCCCCC. The molecule has 208 valence electrons. The van der Waals surface area contributed by atoms with E-state index in [1.165, 1.54) is 167 Å². The molecule has 0 aliphatic carbocycles. The molecule has 1 heterocycles. The molecule has 0 saturated heterocycles. The van der Waals surface area contributed by atoms with Crippen molar-refractivity contribution in [2.75, 3.05) is 13.1 Å². The van der Waals surface area contributed by atoms with E-state index in [0.29, 0.717) is 6.17 Å². The van der Waals surface area contributed by atoms with Gasteiger partial charge in [-0.25, -0.2) is 0 Å². The first kappa shape index (κ1) is 32.4. The minimum Gasteiger partial charge on any atom is -0.356 e. The van der Waals surface area contributed by atoms with E-state index in [9.17, 15) is 0 Å². The van der Waals surface area contributed by atoms with Gasteiger partial charge in [-0.2, -0.15) is 0 Å². The average molecular weight is 491 g/mol. The number of hydrogen-bond acceptors (Lipinski definition) is 2. The molecule has 1 rings (SSSR count). The molecule has 0 saturated carbocycles. The van der Waals surface area contributed by atoms with Crippen molar-refractivity contribution in [3.8, 4) is 0 Å². The summed E-state index contributed by atoms with van der Waals surface area (Å²) in [5.41, 5.74) is 0. The molecule has 0 bridgehead atoms. The van der Waals surface area contributed by atoms with Crippen LogP contribution in [0.15, 0.2) is 12.4 Å². The van der Waals surface area contributed by atoms with Crippen molar-refractivity contribution in [1.82, 2.24) is 9.80 Å². The van der Waals surface area contributed by atoms with Gasteiger partial charge in [0, 0.05) is 25.5 Å². The van der Waals surface area contributed by atoms with Gasteiger partial charge in [0.2, 0.25) is 0 Å². The second kappa shape index (κ2) is 25.0. The minimum atomic E-state index is 0.635. The monoisotopic (exact) mass is 491 g/mol. The number of hydrogen-bond donors (Lipinski definition) is 0. The van der Waals surface area contributed by atoms with E-state index in [2.05, 4.69) is 43.0 Å². The van der Waals surface area contributed by atoms with Gasteiger partial charge < -0.3 is 9.80 Å². The first-order valence-corrected chi connectivity index (χ1v) is 16.5. The first-order valence-electron chi connectivity index (χ1n) is 16.5. The van der Waals surface area contributed by atoms with Gasteiger partial charge in [0.05, 0.1) is 0 Å². The molecule has 35 heavy (non-hydrogen) atoms. The van der Waals surface area contributed by atoms with Gasteiger partial charge in [0.1, 0.15) is 6.17 Å².